The fourth-order valence-corrected chi connectivity index (χ4v) is 2.40. The van der Waals surface area contributed by atoms with E-state index in [0.29, 0.717) is 13.0 Å². The van der Waals surface area contributed by atoms with Crippen LogP contribution >= 0.6 is 0 Å². The summed E-state index contributed by atoms with van der Waals surface area (Å²) in [5.74, 6) is 0.704. The van der Waals surface area contributed by atoms with Crippen molar-refractivity contribution in [3.63, 3.8) is 0 Å². The number of hydrogen-bond acceptors (Lipinski definition) is 4. The molecule has 0 bridgehead atoms. The van der Waals surface area contributed by atoms with E-state index in [1.807, 2.05) is 39.2 Å². The highest BCUT2D eigenvalue weighted by atomic mass is 16.5. The van der Waals surface area contributed by atoms with Crippen LogP contribution in [0.15, 0.2) is 18.2 Å². The molecule has 1 aliphatic heterocycles. The summed E-state index contributed by atoms with van der Waals surface area (Å²) < 4.78 is 11.3. The molecule has 22 heavy (non-hydrogen) atoms. The lowest BCUT2D eigenvalue weighted by Gasteiger charge is -2.16. The summed E-state index contributed by atoms with van der Waals surface area (Å²) in [7, 11) is 4.01. The summed E-state index contributed by atoms with van der Waals surface area (Å²) in [4.78, 5) is 14.2. The molecule has 0 spiro atoms. The number of carbonyl (C=O) groups excluding carboxylic acids is 1. The van der Waals surface area contributed by atoms with Crippen molar-refractivity contribution in [1.29, 1.82) is 0 Å². The Kier molecular flexibility index (Phi) is 6.21. The second-order valence-electron chi connectivity index (χ2n) is 6.04. The third kappa shape index (κ3) is 5.31. The standard InChI is InChI=1S/C17H26N2O3/c1-13-6-7-15(16(11-13)22-10-8-19(2)3)18-17(20)12-14-5-4-9-21-14/h6-7,11,14H,4-5,8-10,12H2,1-3H3,(H,18,20)/t14-/m0/s1. The SMILES string of the molecule is Cc1ccc(NC(=O)C[C@@H]2CCCO2)c(OCCN(C)C)c1. The molecule has 0 aliphatic carbocycles. The number of aryl methyl sites for hydroxylation is 1. The Morgan fingerprint density at radius 2 is 2.27 bits per heavy atom. The first-order valence-corrected chi connectivity index (χ1v) is 7.84. The van der Waals surface area contributed by atoms with Crippen molar-refractivity contribution in [2.45, 2.75) is 32.3 Å². The lowest BCUT2D eigenvalue weighted by Crippen LogP contribution is -2.21. The van der Waals surface area contributed by atoms with Gasteiger partial charge >= 0.3 is 0 Å². The van der Waals surface area contributed by atoms with Gasteiger partial charge in [0.1, 0.15) is 12.4 Å². The number of nitrogens with one attached hydrogen (secondary N) is 1. The third-order valence-electron chi connectivity index (χ3n) is 3.64. The van der Waals surface area contributed by atoms with E-state index in [1.165, 1.54) is 0 Å². The molecule has 5 nitrogen and oxygen atoms in total. The molecule has 1 atom stereocenters. The average molecular weight is 306 g/mol. The van der Waals surface area contributed by atoms with Crippen LogP contribution in [0.3, 0.4) is 0 Å². The molecular weight excluding hydrogens is 280 g/mol. The molecule has 2 rings (SSSR count). The fourth-order valence-electron chi connectivity index (χ4n) is 2.40. The fraction of sp³-hybridized carbons (Fsp3) is 0.588. The molecule has 1 heterocycles. The van der Waals surface area contributed by atoms with Gasteiger partial charge in [0.15, 0.2) is 0 Å². The monoisotopic (exact) mass is 306 g/mol. The predicted octanol–water partition coefficient (Wildman–Crippen LogP) is 2.44. The maximum atomic E-state index is 12.1. The topological polar surface area (TPSA) is 50.8 Å². The van der Waals surface area contributed by atoms with Gasteiger partial charge in [-0.05, 0) is 51.6 Å². The number of rotatable bonds is 7. The van der Waals surface area contributed by atoms with Gasteiger partial charge in [-0.2, -0.15) is 0 Å². The zero-order chi connectivity index (χ0) is 15.9. The Morgan fingerprint density at radius 1 is 1.45 bits per heavy atom. The Hall–Kier alpha value is -1.59. The summed E-state index contributed by atoms with van der Waals surface area (Å²) in [5.41, 5.74) is 1.84. The average Bonchev–Trinajstić information content (AvgIpc) is 2.94. The minimum atomic E-state index is -0.0202. The summed E-state index contributed by atoms with van der Waals surface area (Å²) in [5, 5.41) is 2.95. The predicted molar refractivity (Wildman–Crippen MR) is 87.4 cm³/mol. The van der Waals surface area contributed by atoms with E-state index >= 15 is 0 Å². The van der Waals surface area contributed by atoms with Crippen LogP contribution in [0, 0.1) is 6.92 Å². The molecule has 0 unspecified atom stereocenters. The summed E-state index contributed by atoms with van der Waals surface area (Å²) in [6.07, 6.45) is 2.48. The molecule has 1 N–H and O–H groups in total. The van der Waals surface area contributed by atoms with Crippen LogP contribution in [0.2, 0.25) is 0 Å². The molecule has 122 valence electrons. The molecule has 0 saturated carbocycles. The Labute approximate surface area is 132 Å². The minimum Gasteiger partial charge on any atom is -0.490 e. The highest BCUT2D eigenvalue weighted by molar-refractivity contribution is 5.92. The molecular formula is C17H26N2O3. The number of amides is 1. The number of hydrogen-bond donors (Lipinski definition) is 1. The molecule has 1 saturated heterocycles. The lowest BCUT2D eigenvalue weighted by atomic mass is 10.1. The lowest BCUT2D eigenvalue weighted by molar-refractivity contribution is -0.118. The molecule has 0 aromatic heterocycles. The smallest absolute Gasteiger partial charge is 0.227 e. The number of anilines is 1. The molecule has 1 aromatic carbocycles. The van der Waals surface area contributed by atoms with E-state index in [-0.39, 0.29) is 12.0 Å². The molecule has 1 amide bonds. The first-order chi connectivity index (χ1) is 10.5. The van der Waals surface area contributed by atoms with E-state index < -0.39 is 0 Å². The first kappa shape index (κ1) is 16.8. The van der Waals surface area contributed by atoms with Crippen LogP contribution in [0.5, 0.6) is 5.75 Å². The van der Waals surface area contributed by atoms with Gasteiger partial charge in [-0.3, -0.25) is 4.79 Å². The largest absolute Gasteiger partial charge is 0.490 e. The van der Waals surface area contributed by atoms with E-state index in [9.17, 15) is 4.79 Å². The number of carbonyl (C=O) groups is 1. The van der Waals surface area contributed by atoms with Crippen molar-refractivity contribution in [3.05, 3.63) is 23.8 Å². The Balaban J connectivity index is 1.94. The Morgan fingerprint density at radius 3 is 2.95 bits per heavy atom. The number of likely N-dealkylation sites (N-methyl/N-ethyl adjacent to an activating group) is 1. The molecule has 1 aliphatic rings. The minimum absolute atomic E-state index is 0.0202. The number of nitrogens with zero attached hydrogens (tertiary/aromatic N) is 1. The normalized spacial score (nSPS) is 17.7. The first-order valence-electron chi connectivity index (χ1n) is 7.84. The van der Waals surface area contributed by atoms with Crippen molar-refractivity contribution in [2.24, 2.45) is 0 Å². The molecule has 1 aromatic rings. The molecule has 1 fully saturated rings. The molecule has 5 heteroatoms. The zero-order valence-corrected chi connectivity index (χ0v) is 13.7. The number of ether oxygens (including phenoxy) is 2. The van der Waals surface area contributed by atoms with Gasteiger partial charge in [0.25, 0.3) is 0 Å². The van der Waals surface area contributed by atoms with Gasteiger partial charge < -0.3 is 19.7 Å². The van der Waals surface area contributed by atoms with E-state index in [0.717, 1.165) is 43.0 Å². The zero-order valence-electron chi connectivity index (χ0n) is 13.7. The van der Waals surface area contributed by atoms with Gasteiger partial charge in [0.2, 0.25) is 5.91 Å². The summed E-state index contributed by atoms with van der Waals surface area (Å²) in [6.45, 7) is 4.19. The van der Waals surface area contributed by atoms with Crippen molar-refractivity contribution in [2.75, 3.05) is 39.2 Å². The van der Waals surface area contributed by atoms with Gasteiger partial charge in [0, 0.05) is 13.2 Å². The van der Waals surface area contributed by atoms with Crippen LogP contribution in [0.1, 0.15) is 24.8 Å². The summed E-state index contributed by atoms with van der Waals surface area (Å²) >= 11 is 0. The van der Waals surface area contributed by atoms with Crippen LogP contribution in [0.4, 0.5) is 5.69 Å². The highest BCUT2D eigenvalue weighted by Crippen LogP contribution is 2.26. The maximum absolute atomic E-state index is 12.1. The van der Waals surface area contributed by atoms with Crippen molar-refractivity contribution in [1.82, 2.24) is 4.90 Å². The van der Waals surface area contributed by atoms with Gasteiger partial charge in [-0.1, -0.05) is 6.07 Å². The van der Waals surface area contributed by atoms with Crippen molar-refractivity contribution >= 4 is 11.6 Å². The van der Waals surface area contributed by atoms with Gasteiger partial charge in [-0.25, -0.2) is 0 Å². The molecule has 0 radical (unpaired) electrons. The van der Waals surface area contributed by atoms with Crippen LogP contribution in [0.25, 0.3) is 0 Å². The quantitative estimate of drug-likeness (QED) is 0.840. The van der Waals surface area contributed by atoms with E-state index in [4.69, 9.17) is 9.47 Å². The second kappa shape index (κ2) is 8.15. The van der Waals surface area contributed by atoms with Crippen molar-refractivity contribution in [3.8, 4) is 5.75 Å². The van der Waals surface area contributed by atoms with Crippen molar-refractivity contribution < 1.29 is 14.3 Å². The third-order valence-corrected chi connectivity index (χ3v) is 3.64. The number of benzene rings is 1. The highest BCUT2D eigenvalue weighted by Gasteiger charge is 2.19. The van der Waals surface area contributed by atoms with Crippen LogP contribution in [-0.2, 0) is 9.53 Å². The van der Waals surface area contributed by atoms with E-state index in [1.54, 1.807) is 0 Å². The second-order valence-corrected chi connectivity index (χ2v) is 6.04. The Bertz CT molecular complexity index is 497. The van der Waals surface area contributed by atoms with Crippen LogP contribution in [-0.4, -0.2) is 50.8 Å². The van der Waals surface area contributed by atoms with E-state index in [2.05, 4.69) is 10.2 Å². The maximum Gasteiger partial charge on any atom is 0.227 e. The van der Waals surface area contributed by atoms with Gasteiger partial charge in [0.05, 0.1) is 18.2 Å². The van der Waals surface area contributed by atoms with Gasteiger partial charge in [-0.15, -0.1) is 0 Å². The van der Waals surface area contributed by atoms with Crippen LogP contribution < -0.4 is 10.1 Å². The summed E-state index contributed by atoms with van der Waals surface area (Å²) in [6, 6.07) is 5.82.